The van der Waals surface area contributed by atoms with Crippen molar-refractivity contribution in [1.29, 1.82) is 0 Å². The first kappa shape index (κ1) is 18.0. The number of ether oxygens (including phenoxy) is 1. The van der Waals surface area contributed by atoms with Gasteiger partial charge in [-0.15, -0.1) is 0 Å². The lowest BCUT2D eigenvalue weighted by atomic mass is 10.1. The fraction of sp³-hybridized carbons (Fsp3) is 0.368. The van der Waals surface area contributed by atoms with Crippen LogP contribution < -0.4 is 10.1 Å². The zero-order valence-electron chi connectivity index (χ0n) is 14.1. The Morgan fingerprint density at radius 1 is 1.09 bits per heavy atom. The second-order valence-corrected chi connectivity index (χ2v) is 6.86. The molecular weight excluding hydrogens is 352 g/mol. The van der Waals surface area contributed by atoms with Gasteiger partial charge in [-0.3, -0.25) is 0 Å². The molecule has 0 spiro atoms. The first-order valence-corrected chi connectivity index (χ1v) is 8.67. The van der Waals surface area contributed by atoms with Crippen LogP contribution in [0.2, 0.25) is 0 Å². The van der Waals surface area contributed by atoms with E-state index in [-0.39, 0.29) is 0 Å². The van der Waals surface area contributed by atoms with Gasteiger partial charge in [-0.25, -0.2) is 0 Å². The molecule has 3 nitrogen and oxygen atoms in total. The molecule has 0 aliphatic carbocycles. The standard InChI is InChI=1S/C19H25BrN2O/c1-15-6-4-5-7-16(15)14-23-19-9-8-18(20)12-17(19)13-21-10-11-22(2)3/h4-9,12,21H,10-11,13-14H2,1-3H3. The maximum Gasteiger partial charge on any atom is 0.124 e. The molecule has 2 aromatic rings. The second kappa shape index (κ2) is 9.06. The van der Waals surface area contributed by atoms with Crippen LogP contribution in [0.1, 0.15) is 16.7 Å². The average Bonchev–Trinajstić information content (AvgIpc) is 2.52. The van der Waals surface area contributed by atoms with Crippen molar-refractivity contribution >= 4 is 15.9 Å². The summed E-state index contributed by atoms with van der Waals surface area (Å²) in [6.45, 7) is 5.49. The Balaban J connectivity index is 1.99. The number of benzene rings is 2. The Bertz CT molecular complexity index is 629. The van der Waals surface area contributed by atoms with E-state index in [0.717, 1.165) is 29.9 Å². The predicted octanol–water partition coefficient (Wildman–Crippen LogP) is 3.99. The summed E-state index contributed by atoms with van der Waals surface area (Å²) in [4.78, 5) is 2.17. The zero-order chi connectivity index (χ0) is 16.7. The van der Waals surface area contributed by atoms with E-state index in [1.165, 1.54) is 16.7 Å². The molecule has 0 fully saturated rings. The fourth-order valence-electron chi connectivity index (χ4n) is 2.28. The first-order valence-electron chi connectivity index (χ1n) is 7.87. The molecule has 0 amide bonds. The summed E-state index contributed by atoms with van der Waals surface area (Å²) in [5.74, 6) is 0.939. The fourth-order valence-corrected chi connectivity index (χ4v) is 2.69. The minimum absolute atomic E-state index is 0.596. The molecular formula is C19H25BrN2O. The van der Waals surface area contributed by atoms with Gasteiger partial charge in [0.05, 0.1) is 0 Å². The van der Waals surface area contributed by atoms with Crippen LogP contribution in [0.25, 0.3) is 0 Å². The van der Waals surface area contributed by atoms with Crippen molar-refractivity contribution in [3.05, 3.63) is 63.6 Å². The summed E-state index contributed by atoms with van der Waals surface area (Å²) in [5, 5.41) is 3.47. The summed E-state index contributed by atoms with van der Waals surface area (Å²) < 4.78 is 7.14. The maximum absolute atomic E-state index is 6.07. The van der Waals surface area contributed by atoms with Gasteiger partial charge in [0, 0.05) is 29.7 Å². The van der Waals surface area contributed by atoms with Crippen LogP contribution in [0, 0.1) is 6.92 Å². The molecule has 0 heterocycles. The number of nitrogens with zero attached hydrogens (tertiary/aromatic N) is 1. The summed E-state index contributed by atoms with van der Waals surface area (Å²) in [6, 6.07) is 14.5. The van der Waals surface area contributed by atoms with Crippen LogP contribution in [-0.4, -0.2) is 32.1 Å². The molecule has 0 bridgehead atoms. The number of nitrogens with one attached hydrogen (secondary N) is 1. The van der Waals surface area contributed by atoms with Crippen LogP contribution in [0.4, 0.5) is 0 Å². The largest absolute Gasteiger partial charge is 0.489 e. The molecule has 0 saturated heterocycles. The quantitative estimate of drug-likeness (QED) is 0.704. The SMILES string of the molecule is Cc1ccccc1COc1ccc(Br)cc1CNCCN(C)C. The normalized spacial score (nSPS) is 11.0. The number of hydrogen-bond donors (Lipinski definition) is 1. The van der Waals surface area contributed by atoms with E-state index >= 15 is 0 Å². The number of aryl methyl sites for hydroxylation is 1. The van der Waals surface area contributed by atoms with Crippen molar-refractivity contribution in [2.24, 2.45) is 0 Å². The average molecular weight is 377 g/mol. The number of hydrogen-bond acceptors (Lipinski definition) is 3. The smallest absolute Gasteiger partial charge is 0.124 e. The van der Waals surface area contributed by atoms with Crippen molar-refractivity contribution in [1.82, 2.24) is 10.2 Å². The Labute approximate surface area is 147 Å². The van der Waals surface area contributed by atoms with Gasteiger partial charge in [0.2, 0.25) is 0 Å². The van der Waals surface area contributed by atoms with Crippen molar-refractivity contribution < 1.29 is 4.74 Å². The molecule has 23 heavy (non-hydrogen) atoms. The summed E-state index contributed by atoms with van der Waals surface area (Å²) in [5.41, 5.74) is 3.66. The van der Waals surface area contributed by atoms with E-state index in [9.17, 15) is 0 Å². The van der Waals surface area contributed by atoms with E-state index in [4.69, 9.17) is 4.74 Å². The first-order chi connectivity index (χ1) is 11.1. The Morgan fingerprint density at radius 3 is 2.61 bits per heavy atom. The van der Waals surface area contributed by atoms with Crippen molar-refractivity contribution in [2.75, 3.05) is 27.2 Å². The van der Waals surface area contributed by atoms with Gasteiger partial charge in [0.25, 0.3) is 0 Å². The van der Waals surface area contributed by atoms with E-state index in [2.05, 4.69) is 77.5 Å². The molecule has 4 heteroatoms. The number of likely N-dealkylation sites (N-methyl/N-ethyl adjacent to an activating group) is 1. The van der Waals surface area contributed by atoms with Gasteiger partial charge in [-0.2, -0.15) is 0 Å². The number of rotatable bonds is 8. The van der Waals surface area contributed by atoms with Gasteiger partial charge in [0.1, 0.15) is 12.4 Å². The Morgan fingerprint density at radius 2 is 1.87 bits per heavy atom. The zero-order valence-corrected chi connectivity index (χ0v) is 15.7. The topological polar surface area (TPSA) is 24.5 Å². The highest BCUT2D eigenvalue weighted by atomic mass is 79.9. The predicted molar refractivity (Wildman–Crippen MR) is 99.9 cm³/mol. The molecule has 0 aliphatic heterocycles. The molecule has 0 aliphatic rings. The Kier molecular flexibility index (Phi) is 7.09. The Hall–Kier alpha value is -1.36. The monoisotopic (exact) mass is 376 g/mol. The third-order valence-electron chi connectivity index (χ3n) is 3.72. The van der Waals surface area contributed by atoms with E-state index in [1.807, 2.05) is 12.1 Å². The highest BCUT2D eigenvalue weighted by Gasteiger charge is 2.06. The summed E-state index contributed by atoms with van der Waals surface area (Å²) in [7, 11) is 4.16. The van der Waals surface area contributed by atoms with Gasteiger partial charge in [-0.1, -0.05) is 40.2 Å². The molecule has 0 atom stereocenters. The summed E-state index contributed by atoms with van der Waals surface area (Å²) in [6.07, 6.45) is 0. The molecule has 0 unspecified atom stereocenters. The second-order valence-electron chi connectivity index (χ2n) is 5.95. The van der Waals surface area contributed by atoms with Gasteiger partial charge < -0.3 is 15.0 Å². The lowest BCUT2D eigenvalue weighted by molar-refractivity contribution is 0.301. The maximum atomic E-state index is 6.07. The molecule has 0 aromatic heterocycles. The third kappa shape index (κ3) is 5.98. The van der Waals surface area contributed by atoms with Crippen molar-refractivity contribution in [3.8, 4) is 5.75 Å². The highest BCUT2D eigenvalue weighted by molar-refractivity contribution is 9.10. The van der Waals surface area contributed by atoms with Crippen LogP contribution >= 0.6 is 15.9 Å². The van der Waals surface area contributed by atoms with Gasteiger partial charge in [0.15, 0.2) is 0 Å². The van der Waals surface area contributed by atoms with Gasteiger partial charge >= 0.3 is 0 Å². The van der Waals surface area contributed by atoms with E-state index in [1.54, 1.807) is 0 Å². The van der Waals surface area contributed by atoms with Crippen molar-refractivity contribution in [2.45, 2.75) is 20.1 Å². The van der Waals surface area contributed by atoms with Gasteiger partial charge in [-0.05, 0) is 50.3 Å². The lowest BCUT2D eigenvalue weighted by Gasteiger charge is -2.15. The summed E-state index contributed by atoms with van der Waals surface area (Å²) >= 11 is 3.54. The molecule has 2 aromatic carbocycles. The minimum Gasteiger partial charge on any atom is -0.489 e. The third-order valence-corrected chi connectivity index (χ3v) is 4.21. The number of halogens is 1. The minimum atomic E-state index is 0.596. The van der Waals surface area contributed by atoms with Crippen LogP contribution in [0.3, 0.4) is 0 Å². The molecule has 1 N–H and O–H groups in total. The lowest BCUT2D eigenvalue weighted by Crippen LogP contribution is -2.26. The molecule has 124 valence electrons. The van der Waals surface area contributed by atoms with Crippen LogP contribution in [0.15, 0.2) is 46.9 Å². The highest BCUT2D eigenvalue weighted by Crippen LogP contribution is 2.24. The van der Waals surface area contributed by atoms with Crippen molar-refractivity contribution in [3.63, 3.8) is 0 Å². The van der Waals surface area contributed by atoms with E-state index in [0.29, 0.717) is 6.61 Å². The molecule has 0 radical (unpaired) electrons. The van der Waals surface area contributed by atoms with Crippen LogP contribution in [0.5, 0.6) is 5.75 Å². The molecule has 0 saturated carbocycles. The van der Waals surface area contributed by atoms with Crippen LogP contribution in [-0.2, 0) is 13.2 Å². The van der Waals surface area contributed by atoms with E-state index < -0.39 is 0 Å². The molecule has 2 rings (SSSR count).